The molecule has 4 nitrogen and oxygen atoms in total. The molecule has 0 aliphatic rings. The molecule has 0 saturated heterocycles. The van der Waals surface area contributed by atoms with Crippen molar-refractivity contribution in [3.63, 3.8) is 0 Å². The first-order chi connectivity index (χ1) is 7.96. The number of rotatable bonds is 5. The normalized spacial score (nSPS) is 11.5. The third-order valence-corrected chi connectivity index (χ3v) is 4.64. The van der Waals surface area contributed by atoms with Gasteiger partial charge in [-0.15, -0.1) is 0 Å². The topological polar surface area (TPSA) is 63.4 Å². The van der Waals surface area contributed by atoms with Gasteiger partial charge in [0, 0.05) is 18.8 Å². The maximum absolute atomic E-state index is 11.7. The number of nitrogen functional groups attached to an aromatic ring is 1. The van der Waals surface area contributed by atoms with E-state index in [9.17, 15) is 8.42 Å². The van der Waals surface area contributed by atoms with Crippen LogP contribution in [-0.2, 0) is 9.84 Å². The van der Waals surface area contributed by atoms with E-state index < -0.39 is 9.84 Å². The van der Waals surface area contributed by atoms with Crippen molar-refractivity contribution in [2.24, 2.45) is 0 Å². The molecule has 0 aliphatic carbocycles. The summed E-state index contributed by atoms with van der Waals surface area (Å²) in [6.07, 6.45) is 0. The highest BCUT2D eigenvalue weighted by Crippen LogP contribution is 2.25. The quantitative estimate of drug-likeness (QED) is 0.817. The van der Waals surface area contributed by atoms with Gasteiger partial charge in [0.15, 0.2) is 9.84 Å². The predicted octanol–water partition coefficient (Wildman–Crippen LogP) is 1.91. The molecule has 1 rings (SSSR count). The first-order valence-corrected chi connectivity index (χ1v) is 7.48. The second kappa shape index (κ2) is 5.40. The van der Waals surface area contributed by atoms with E-state index in [1.165, 1.54) is 0 Å². The number of benzene rings is 1. The van der Waals surface area contributed by atoms with Gasteiger partial charge < -0.3 is 10.6 Å². The van der Waals surface area contributed by atoms with Crippen LogP contribution in [0.2, 0.25) is 0 Å². The third-order valence-electron chi connectivity index (χ3n) is 2.84. The average molecular weight is 256 g/mol. The van der Waals surface area contributed by atoms with Gasteiger partial charge in [0.2, 0.25) is 0 Å². The SMILES string of the molecule is CCN(CC)c1ccc(S(=O)(=O)CC)c(N)c1. The Balaban J connectivity index is 3.19. The molecule has 1 aromatic carbocycles. The summed E-state index contributed by atoms with van der Waals surface area (Å²) in [4.78, 5) is 2.36. The van der Waals surface area contributed by atoms with Crippen LogP contribution in [0.1, 0.15) is 20.8 Å². The summed E-state index contributed by atoms with van der Waals surface area (Å²) in [5.74, 6) is 0.0712. The molecular formula is C12H20N2O2S. The second-order valence-electron chi connectivity index (χ2n) is 3.80. The summed E-state index contributed by atoms with van der Waals surface area (Å²) in [6, 6.07) is 5.14. The van der Waals surface area contributed by atoms with E-state index in [1.807, 2.05) is 6.07 Å². The van der Waals surface area contributed by atoms with Crippen molar-refractivity contribution in [1.82, 2.24) is 0 Å². The van der Waals surface area contributed by atoms with Crippen LogP contribution in [-0.4, -0.2) is 27.3 Å². The van der Waals surface area contributed by atoms with E-state index in [-0.39, 0.29) is 10.6 Å². The van der Waals surface area contributed by atoms with Gasteiger partial charge in [-0.25, -0.2) is 8.42 Å². The molecule has 0 unspecified atom stereocenters. The zero-order valence-corrected chi connectivity index (χ0v) is 11.4. The Labute approximate surface area is 103 Å². The lowest BCUT2D eigenvalue weighted by atomic mass is 10.2. The van der Waals surface area contributed by atoms with Crippen molar-refractivity contribution in [2.75, 3.05) is 29.5 Å². The fraction of sp³-hybridized carbons (Fsp3) is 0.500. The van der Waals surface area contributed by atoms with Gasteiger partial charge in [-0.05, 0) is 32.0 Å². The minimum Gasteiger partial charge on any atom is -0.398 e. The van der Waals surface area contributed by atoms with Crippen molar-refractivity contribution < 1.29 is 8.42 Å². The zero-order valence-electron chi connectivity index (χ0n) is 10.6. The summed E-state index contributed by atoms with van der Waals surface area (Å²) in [5.41, 5.74) is 7.11. The minimum absolute atomic E-state index is 0.0712. The molecule has 96 valence electrons. The highest BCUT2D eigenvalue weighted by atomic mass is 32.2. The molecule has 0 atom stereocenters. The Hall–Kier alpha value is -1.23. The number of hydrogen-bond acceptors (Lipinski definition) is 4. The molecule has 0 spiro atoms. The molecule has 0 aliphatic heterocycles. The Kier molecular flexibility index (Phi) is 4.40. The van der Waals surface area contributed by atoms with Crippen molar-refractivity contribution in [3.8, 4) is 0 Å². The van der Waals surface area contributed by atoms with Gasteiger partial charge in [0.05, 0.1) is 16.3 Å². The van der Waals surface area contributed by atoms with E-state index in [2.05, 4.69) is 18.7 Å². The van der Waals surface area contributed by atoms with Gasteiger partial charge in [-0.1, -0.05) is 6.92 Å². The predicted molar refractivity (Wildman–Crippen MR) is 72.1 cm³/mol. The Morgan fingerprint density at radius 2 is 1.76 bits per heavy atom. The van der Waals surface area contributed by atoms with E-state index in [0.717, 1.165) is 18.8 Å². The fourth-order valence-electron chi connectivity index (χ4n) is 1.76. The standard InChI is InChI=1S/C12H20N2O2S/c1-4-14(5-2)10-7-8-12(11(13)9-10)17(15,16)6-3/h7-9H,4-6,13H2,1-3H3. The maximum atomic E-state index is 11.7. The molecule has 0 aromatic heterocycles. The molecule has 0 bridgehead atoms. The number of nitrogens with zero attached hydrogens (tertiary/aromatic N) is 1. The van der Waals surface area contributed by atoms with Crippen LogP contribution in [0, 0.1) is 0 Å². The van der Waals surface area contributed by atoms with Crippen molar-refractivity contribution in [2.45, 2.75) is 25.7 Å². The van der Waals surface area contributed by atoms with Gasteiger partial charge in [0.1, 0.15) is 0 Å². The van der Waals surface area contributed by atoms with Crippen molar-refractivity contribution >= 4 is 21.2 Å². The highest BCUT2D eigenvalue weighted by Gasteiger charge is 2.16. The summed E-state index contributed by atoms with van der Waals surface area (Å²) in [7, 11) is -3.23. The first-order valence-electron chi connectivity index (χ1n) is 5.83. The van der Waals surface area contributed by atoms with Gasteiger partial charge in [-0.2, -0.15) is 0 Å². The van der Waals surface area contributed by atoms with Crippen molar-refractivity contribution in [3.05, 3.63) is 18.2 Å². The Morgan fingerprint density at radius 1 is 1.18 bits per heavy atom. The summed E-state index contributed by atoms with van der Waals surface area (Å²) < 4.78 is 23.5. The lowest BCUT2D eigenvalue weighted by molar-refractivity contribution is 0.597. The highest BCUT2D eigenvalue weighted by molar-refractivity contribution is 7.91. The van der Waals surface area contributed by atoms with Crippen LogP contribution in [0.25, 0.3) is 0 Å². The van der Waals surface area contributed by atoms with Gasteiger partial charge >= 0.3 is 0 Å². The molecule has 5 heteroatoms. The average Bonchev–Trinajstić information content (AvgIpc) is 2.30. The van der Waals surface area contributed by atoms with Crippen LogP contribution in [0.15, 0.2) is 23.1 Å². The monoisotopic (exact) mass is 256 g/mol. The molecule has 0 saturated carbocycles. The molecule has 0 radical (unpaired) electrons. The molecule has 2 N–H and O–H groups in total. The van der Waals surface area contributed by atoms with E-state index in [1.54, 1.807) is 19.1 Å². The van der Waals surface area contributed by atoms with E-state index >= 15 is 0 Å². The first kappa shape index (κ1) is 13.8. The van der Waals surface area contributed by atoms with Crippen LogP contribution in [0.3, 0.4) is 0 Å². The van der Waals surface area contributed by atoms with Gasteiger partial charge in [-0.3, -0.25) is 0 Å². The van der Waals surface area contributed by atoms with Crippen LogP contribution >= 0.6 is 0 Å². The zero-order chi connectivity index (χ0) is 13.1. The van der Waals surface area contributed by atoms with Crippen molar-refractivity contribution in [1.29, 1.82) is 0 Å². The molecule has 0 heterocycles. The fourth-order valence-corrected chi connectivity index (χ4v) is 2.76. The Morgan fingerprint density at radius 3 is 2.18 bits per heavy atom. The summed E-state index contributed by atoms with van der Waals surface area (Å²) in [5, 5.41) is 0. The molecular weight excluding hydrogens is 236 g/mol. The number of sulfone groups is 1. The lowest BCUT2D eigenvalue weighted by Gasteiger charge is -2.21. The Bertz CT molecular complexity index is 479. The lowest BCUT2D eigenvalue weighted by Crippen LogP contribution is -2.22. The number of hydrogen-bond donors (Lipinski definition) is 1. The smallest absolute Gasteiger partial charge is 0.180 e. The molecule has 0 fully saturated rings. The molecule has 17 heavy (non-hydrogen) atoms. The second-order valence-corrected chi connectivity index (χ2v) is 6.04. The van der Waals surface area contributed by atoms with E-state index in [4.69, 9.17) is 5.73 Å². The van der Waals surface area contributed by atoms with Crippen LogP contribution in [0.4, 0.5) is 11.4 Å². The van der Waals surface area contributed by atoms with Gasteiger partial charge in [0.25, 0.3) is 0 Å². The molecule has 1 aromatic rings. The summed E-state index contributed by atoms with van der Waals surface area (Å²) >= 11 is 0. The largest absolute Gasteiger partial charge is 0.398 e. The maximum Gasteiger partial charge on any atom is 0.180 e. The van der Waals surface area contributed by atoms with E-state index in [0.29, 0.717) is 5.69 Å². The summed E-state index contributed by atoms with van der Waals surface area (Å²) in [6.45, 7) is 7.46. The minimum atomic E-state index is -3.23. The van der Waals surface area contributed by atoms with Crippen LogP contribution < -0.4 is 10.6 Å². The third kappa shape index (κ3) is 2.91. The number of anilines is 2. The van der Waals surface area contributed by atoms with Crippen LogP contribution in [0.5, 0.6) is 0 Å². The molecule has 0 amide bonds. The number of nitrogens with two attached hydrogens (primary N) is 1.